The average molecular weight is 348 g/mol. The highest BCUT2D eigenvalue weighted by Crippen LogP contribution is 2.11. The van der Waals surface area contributed by atoms with Gasteiger partial charge >= 0.3 is 5.69 Å². The molecular weight excluding hydrogens is 332 g/mol. The van der Waals surface area contributed by atoms with E-state index in [1.807, 2.05) is 0 Å². The van der Waals surface area contributed by atoms with Gasteiger partial charge in [0.05, 0.1) is 24.2 Å². The Hall–Kier alpha value is -2.66. The highest BCUT2D eigenvalue weighted by Gasteiger charge is 2.26. The molecule has 0 aliphatic heterocycles. The van der Waals surface area contributed by atoms with Crippen LogP contribution in [0.15, 0.2) is 33.9 Å². The molecule has 2 aromatic heterocycles. The van der Waals surface area contributed by atoms with Crippen molar-refractivity contribution in [3.8, 4) is 0 Å². The molecule has 0 bridgehead atoms. The standard InChI is InChI=1S/C15H16N4O6/c20-6-10(22)12(23)9(21)5-19-14(24)11-13(18-15(19)25)17-8-4-2-1-3-7(8)16-11/h1-4,9-10,12,20-23H,5-6H2,(H,17,18,25)/t9-,10+,12-/m0/s1. The zero-order valence-corrected chi connectivity index (χ0v) is 12.9. The summed E-state index contributed by atoms with van der Waals surface area (Å²) >= 11 is 0. The van der Waals surface area contributed by atoms with Gasteiger partial charge in [-0.05, 0) is 12.1 Å². The van der Waals surface area contributed by atoms with E-state index in [0.717, 1.165) is 0 Å². The van der Waals surface area contributed by atoms with Gasteiger partial charge in [0.25, 0.3) is 5.56 Å². The van der Waals surface area contributed by atoms with Gasteiger partial charge in [-0.25, -0.2) is 14.8 Å². The number of nitrogens with one attached hydrogen (secondary N) is 1. The number of aromatic amines is 1. The SMILES string of the molecule is O=c1[nH]c2nc3ccccc3nc2c(=O)n1C[C@H](O)[C@H](O)[C@H](O)CO. The molecule has 0 fully saturated rings. The van der Waals surface area contributed by atoms with E-state index in [9.17, 15) is 24.9 Å². The minimum atomic E-state index is -1.73. The van der Waals surface area contributed by atoms with Crippen molar-refractivity contribution in [2.24, 2.45) is 0 Å². The van der Waals surface area contributed by atoms with Crippen LogP contribution in [0.25, 0.3) is 22.2 Å². The molecule has 10 heteroatoms. The maximum atomic E-state index is 12.5. The first kappa shape index (κ1) is 17.2. The van der Waals surface area contributed by atoms with Crippen molar-refractivity contribution in [2.75, 3.05) is 6.61 Å². The third-order valence-electron chi connectivity index (χ3n) is 3.83. The highest BCUT2D eigenvalue weighted by atomic mass is 16.4. The summed E-state index contributed by atoms with van der Waals surface area (Å²) in [7, 11) is 0. The number of aliphatic hydroxyl groups excluding tert-OH is 4. The number of rotatable bonds is 5. The lowest BCUT2D eigenvalue weighted by Crippen LogP contribution is -2.46. The lowest BCUT2D eigenvalue weighted by molar-refractivity contribution is -0.0811. The van der Waals surface area contributed by atoms with Crippen LogP contribution in [0.1, 0.15) is 0 Å². The zero-order valence-electron chi connectivity index (χ0n) is 12.9. The van der Waals surface area contributed by atoms with Crippen molar-refractivity contribution in [3.05, 3.63) is 45.1 Å². The number of aromatic nitrogens is 4. The van der Waals surface area contributed by atoms with Crippen molar-refractivity contribution in [2.45, 2.75) is 24.9 Å². The number of nitrogens with zero attached hydrogens (tertiary/aromatic N) is 3. The smallest absolute Gasteiger partial charge is 0.330 e. The minimum Gasteiger partial charge on any atom is -0.394 e. The molecule has 0 unspecified atom stereocenters. The molecule has 2 heterocycles. The van der Waals surface area contributed by atoms with E-state index in [1.54, 1.807) is 24.3 Å². The lowest BCUT2D eigenvalue weighted by Gasteiger charge is -2.21. The van der Waals surface area contributed by atoms with E-state index < -0.39 is 42.7 Å². The minimum absolute atomic E-state index is 0.00961. The van der Waals surface area contributed by atoms with Crippen LogP contribution in [0.5, 0.6) is 0 Å². The Kier molecular flexibility index (Phi) is 4.59. The second-order valence-corrected chi connectivity index (χ2v) is 5.56. The lowest BCUT2D eigenvalue weighted by atomic mass is 10.1. The summed E-state index contributed by atoms with van der Waals surface area (Å²) in [5.41, 5.74) is -0.752. The van der Waals surface area contributed by atoms with E-state index in [0.29, 0.717) is 15.6 Å². The predicted octanol–water partition coefficient (Wildman–Crippen LogP) is -2.29. The van der Waals surface area contributed by atoms with E-state index in [-0.39, 0.29) is 11.2 Å². The summed E-state index contributed by atoms with van der Waals surface area (Å²) in [6.07, 6.45) is -4.98. The molecule has 0 amide bonds. The fourth-order valence-electron chi connectivity index (χ4n) is 2.45. The monoisotopic (exact) mass is 348 g/mol. The Morgan fingerprint density at radius 1 is 1.04 bits per heavy atom. The number of hydrogen-bond donors (Lipinski definition) is 5. The Bertz CT molecular complexity index is 1030. The summed E-state index contributed by atoms with van der Waals surface area (Å²) in [6, 6.07) is 6.81. The van der Waals surface area contributed by atoms with Crippen LogP contribution < -0.4 is 11.2 Å². The molecule has 1 aromatic carbocycles. The number of aliphatic hydroxyl groups is 4. The van der Waals surface area contributed by atoms with Crippen LogP contribution in [0.4, 0.5) is 0 Å². The van der Waals surface area contributed by atoms with Crippen molar-refractivity contribution >= 4 is 22.2 Å². The summed E-state index contributed by atoms with van der Waals surface area (Å²) in [6.45, 7) is -1.37. The van der Waals surface area contributed by atoms with Crippen LogP contribution in [-0.2, 0) is 6.54 Å². The van der Waals surface area contributed by atoms with Gasteiger partial charge in [0.15, 0.2) is 11.2 Å². The first-order valence-electron chi connectivity index (χ1n) is 7.47. The largest absolute Gasteiger partial charge is 0.394 e. The van der Waals surface area contributed by atoms with Gasteiger partial charge in [0.2, 0.25) is 0 Å². The Labute approximate surface area is 139 Å². The van der Waals surface area contributed by atoms with Gasteiger partial charge in [-0.1, -0.05) is 12.1 Å². The first-order valence-corrected chi connectivity index (χ1v) is 7.47. The molecular formula is C15H16N4O6. The summed E-state index contributed by atoms with van der Waals surface area (Å²) in [4.78, 5) is 35.4. The molecule has 0 aliphatic rings. The Balaban J connectivity index is 2.08. The molecule has 132 valence electrons. The maximum absolute atomic E-state index is 12.5. The average Bonchev–Trinajstić information content (AvgIpc) is 2.62. The summed E-state index contributed by atoms with van der Waals surface area (Å²) < 4.78 is 0.657. The zero-order chi connectivity index (χ0) is 18.1. The van der Waals surface area contributed by atoms with E-state index in [4.69, 9.17) is 5.11 Å². The molecule has 0 radical (unpaired) electrons. The third kappa shape index (κ3) is 3.15. The number of benzene rings is 1. The Morgan fingerprint density at radius 2 is 1.68 bits per heavy atom. The fourth-order valence-corrected chi connectivity index (χ4v) is 2.45. The fraction of sp³-hybridized carbons (Fsp3) is 0.333. The van der Waals surface area contributed by atoms with E-state index in [2.05, 4.69) is 15.0 Å². The molecule has 0 saturated heterocycles. The van der Waals surface area contributed by atoms with Gasteiger partial charge in [-0.3, -0.25) is 14.3 Å². The van der Waals surface area contributed by atoms with Crippen molar-refractivity contribution in [1.82, 2.24) is 19.5 Å². The van der Waals surface area contributed by atoms with Gasteiger partial charge < -0.3 is 20.4 Å². The molecule has 0 aliphatic carbocycles. The van der Waals surface area contributed by atoms with Gasteiger partial charge in [0, 0.05) is 0 Å². The topological polar surface area (TPSA) is 162 Å². The van der Waals surface area contributed by atoms with Crippen molar-refractivity contribution < 1.29 is 20.4 Å². The second kappa shape index (κ2) is 6.69. The summed E-state index contributed by atoms with van der Waals surface area (Å²) in [5.74, 6) is 0. The molecule has 5 N–H and O–H groups in total. The molecule has 3 aromatic rings. The Morgan fingerprint density at radius 3 is 2.32 bits per heavy atom. The normalized spacial score (nSPS) is 15.4. The highest BCUT2D eigenvalue weighted by molar-refractivity contribution is 5.83. The van der Waals surface area contributed by atoms with Crippen LogP contribution >= 0.6 is 0 Å². The van der Waals surface area contributed by atoms with Gasteiger partial charge in [0.1, 0.15) is 18.3 Å². The van der Waals surface area contributed by atoms with Crippen LogP contribution in [0.2, 0.25) is 0 Å². The van der Waals surface area contributed by atoms with Gasteiger partial charge in [-0.2, -0.15) is 0 Å². The molecule has 0 saturated carbocycles. The molecule has 25 heavy (non-hydrogen) atoms. The molecule has 10 nitrogen and oxygen atoms in total. The number of H-pyrrole nitrogens is 1. The molecule has 0 spiro atoms. The first-order chi connectivity index (χ1) is 11.9. The summed E-state index contributed by atoms with van der Waals surface area (Å²) in [5, 5.41) is 37.7. The van der Waals surface area contributed by atoms with Crippen LogP contribution in [-0.4, -0.2) is 64.9 Å². The van der Waals surface area contributed by atoms with Crippen molar-refractivity contribution in [3.63, 3.8) is 0 Å². The van der Waals surface area contributed by atoms with E-state index in [1.165, 1.54) is 0 Å². The number of para-hydroxylation sites is 2. The van der Waals surface area contributed by atoms with E-state index >= 15 is 0 Å². The second-order valence-electron chi connectivity index (χ2n) is 5.56. The van der Waals surface area contributed by atoms with Crippen molar-refractivity contribution in [1.29, 1.82) is 0 Å². The predicted molar refractivity (Wildman–Crippen MR) is 87.0 cm³/mol. The molecule has 3 rings (SSSR count). The quantitative estimate of drug-likeness (QED) is 0.322. The van der Waals surface area contributed by atoms with Crippen LogP contribution in [0.3, 0.4) is 0 Å². The third-order valence-corrected chi connectivity index (χ3v) is 3.83. The number of hydrogen-bond acceptors (Lipinski definition) is 8. The maximum Gasteiger partial charge on any atom is 0.330 e. The van der Waals surface area contributed by atoms with Crippen LogP contribution in [0, 0.1) is 0 Å². The van der Waals surface area contributed by atoms with Gasteiger partial charge in [-0.15, -0.1) is 0 Å². The molecule has 3 atom stereocenters. The number of fused-ring (bicyclic) bond motifs is 2.